The number of amides is 4. The third-order valence-electron chi connectivity index (χ3n) is 11.9. The Morgan fingerprint density at radius 1 is 0.569 bits per heavy atom. The standard InChI is InChI=1S/C26H29N3O4.C25H26BrN3O3/c1-32-17-19-8-9-22(21-6-3-2-5-20(19)21)25(30)29-23-7-4-13-27-24(23)26(31)28-14-10-18-11-15-33-16-12-18;26-16-18-7-8-21(20-5-2-1-4-19(18)20)24(30)29-22-6-3-12-27-23(22)25(31)28-13-9-17-10-14-32-15-11-17/h2-9,13,18H,10-12,14-17H2,1H3,(H,28,31)(H,29,30);1-8,12,17H,9-11,13-16H2,(H,28,31)(H,29,30). The van der Waals surface area contributed by atoms with E-state index in [0.717, 1.165) is 97.6 Å². The molecule has 0 bridgehead atoms. The number of benzene rings is 4. The van der Waals surface area contributed by atoms with Gasteiger partial charge in [-0.05, 0) is 119 Å². The van der Waals surface area contributed by atoms with Gasteiger partial charge < -0.3 is 35.5 Å². The molecule has 4 heterocycles. The molecule has 2 saturated heterocycles. The number of fused-ring (bicyclic) bond motifs is 2. The van der Waals surface area contributed by atoms with Gasteiger partial charge in [0.05, 0.1) is 18.0 Å². The van der Waals surface area contributed by atoms with Crippen LogP contribution in [-0.2, 0) is 26.1 Å². The van der Waals surface area contributed by atoms with E-state index in [0.29, 0.717) is 59.4 Å². The molecule has 2 aromatic heterocycles. The molecule has 0 spiro atoms. The van der Waals surface area contributed by atoms with Crippen molar-refractivity contribution in [3.8, 4) is 0 Å². The maximum atomic E-state index is 13.2. The minimum Gasteiger partial charge on any atom is -0.381 e. The van der Waals surface area contributed by atoms with Crippen molar-refractivity contribution < 1.29 is 33.4 Å². The fourth-order valence-corrected chi connectivity index (χ4v) is 8.78. The summed E-state index contributed by atoms with van der Waals surface area (Å²) in [6, 6.07) is 29.8. The van der Waals surface area contributed by atoms with Crippen LogP contribution in [0.1, 0.15) is 91.3 Å². The molecule has 2 fully saturated rings. The van der Waals surface area contributed by atoms with Gasteiger partial charge in [0.25, 0.3) is 23.6 Å². The van der Waals surface area contributed by atoms with Crippen LogP contribution in [0.25, 0.3) is 21.5 Å². The van der Waals surface area contributed by atoms with Crippen LogP contribution in [0.3, 0.4) is 0 Å². The lowest BCUT2D eigenvalue weighted by molar-refractivity contribution is 0.0633. The topological polar surface area (TPSA) is 170 Å². The molecule has 13 nitrogen and oxygen atoms in total. The molecule has 338 valence electrons. The van der Waals surface area contributed by atoms with Crippen molar-refractivity contribution in [1.82, 2.24) is 20.6 Å². The molecule has 0 atom stereocenters. The molecule has 0 saturated carbocycles. The summed E-state index contributed by atoms with van der Waals surface area (Å²) in [6.07, 6.45) is 9.04. The summed E-state index contributed by atoms with van der Waals surface area (Å²) in [4.78, 5) is 60.3. The summed E-state index contributed by atoms with van der Waals surface area (Å²) in [6.45, 7) is 4.77. The number of methoxy groups -OCH3 is 1. The Labute approximate surface area is 387 Å². The quantitative estimate of drug-likeness (QED) is 0.0734. The highest BCUT2D eigenvalue weighted by Gasteiger charge is 2.21. The van der Waals surface area contributed by atoms with E-state index in [9.17, 15) is 19.2 Å². The van der Waals surface area contributed by atoms with Gasteiger partial charge in [0.2, 0.25) is 0 Å². The third-order valence-corrected chi connectivity index (χ3v) is 12.5. The number of nitrogens with one attached hydrogen (secondary N) is 4. The van der Waals surface area contributed by atoms with Crippen LogP contribution in [-0.4, -0.2) is 80.2 Å². The number of alkyl halides is 1. The number of nitrogens with zero attached hydrogens (tertiary/aromatic N) is 2. The zero-order valence-electron chi connectivity index (χ0n) is 36.6. The predicted molar refractivity (Wildman–Crippen MR) is 257 cm³/mol. The van der Waals surface area contributed by atoms with Crippen LogP contribution in [0.4, 0.5) is 11.4 Å². The molecule has 0 radical (unpaired) electrons. The van der Waals surface area contributed by atoms with E-state index in [1.54, 1.807) is 49.8 Å². The number of hydrogen-bond donors (Lipinski definition) is 4. The first-order valence-electron chi connectivity index (χ1n) is 22.1. The molecule has 8 rings (SSSR count). The van der Waals surface area contributed by atoms with Crippen molar-refractivity contribution in [2.75, 3.05) is 57.3 Å². The van der Waals surface area contributed by atoms with Crippen molar-refractivity contribution in [1.29, 1.82) is 0 Å². The zero-order chi connectivity index (χ0) is 45.4. The first-order chi connectivity index (χ1) is 31.8. The normalized spacial score (nSPS) is 14.2. The Morgan fingerprint density at radius 2 is 1.00 bits per heavy atom. The summed E-state index contributed by atoms with van der Waals surface area (Å²) < 4.78 is 16.1. The maximum absolute atomic E-state index is 13.2. The Hall–Kier alpha value is -6.06. The molecule has 4 N–H and O–H groups in total. The summed E-state index contributed by atoms with van der Waals surface area (Å²) in [5.41, 5.74) is 4.41. The summed E-state index contributed by atoms with van der Waals surface area (Å²) in [7, 11) is 1.65. The monoisotopic (exact) mass is 942 g/mol. The minimum absolute atomic E-state index is 0.207. The van der Waals surface area contributed by atoms with Gasteiger partial charge in [-0.1, -0.05) is 76.6 Å². The summed E-state index contributed by atoms with van der Waals surface area (Å²) in [5.74, 6) is -0.00393. The fraction of sp³-hybridized carbons (Fsp3) is 0.333. The molecule has 4 aromatic carbocycles. The van der Waals surface area contributed by atoms with Crippen LogP contribution >= 0.6 is 15.9 Å². The predicted octanol–water partition coefficient (Wildman–Crippen LogP) is 9.11. The number of rotatable bonds is 15. The maximum Gasteiger partial charge on any atom is 0.272 e. The number of carbonyl (C=O) groups is 4. The number of pyridine rings is 2. The van der Waals surface area contributed by atoms with Crippen LogP contribution in [0.15, 0.2) is 109 Å². The van der Waals surface area contributed by atoms with Gasteiger partial charge in [-0.3, -0.25) is 19.2 Å². The van der Waals surface area contributed by atoms with E-state index in [-0.39, 0.29) is 35.0 Å². The van der Waals surface area contributed by atoms with Crippen LogP contribution in [0.5, 0.6) is 0 Å². The number of carbonyl (C=O) groups excluding carboxylic acids is 4. The molecule has 2 aliphatic heterocycles. The Balaban J connectivity index is 0.000000194. The zero-order valence-corrected chi connectivity index (χ0v) is 38.2. The smallest absolute Gasteiger partial charge is 0.272 e. The average molecular weight is 944 g/mol. The van der Waals surface area contributed by atoms with E-state index in [1.165, 1.54) is 0 Å². The second-order valence-corrected chi connectivity index (χ2v) is 16.7. The fourth-order valence-electron chi connectivity index (χ4n) is 8.29. The molecule has 14 heteroatoms. The molecule has 0 aliphatic carbocycles. The van der Waals surface area contributed by atoms with Gasteiger partial charge in [-0.25, -0.2) is 9.97 Å². The van der Waals surface area contributed by atoms with Gasteiger partial charge in [0, 0.05) is 75.5 Å². The first-order valence-corrected chi connectivity index (χ1v) is 23.3. The Morgan fingerprint density at radius 3 is 1.45 bits per heavy atom. The molecule has 6 aromatic rings. The highest BCUT2D eigenvalue weighted by atomic mass is 79.9. The number of halogens is 1. The van der Waals surface area contributed by atoms with Gasteiger partial charge in [-0.15, -0.1) is 0 Å². The van der Waals surface area contributed by atoms with Crippen LogP contribution in [0.2, 0.25) is 0 Å². The van der Waals surface area contributed by atoms with Gasteiger partial charge in [0.1, 0.15) is 0 Å². The van der Waals surface area contributed by atoms with Crippen LogP contribution < -0.4 is 21.3 Å². The van der Waals surface area contributed by atoms with E-state index >= 15 is 0 Å². The molecular formula is C51H55BrN6O7. The van der Waals surface area contributed by atoms with Crippen molar-refractivity contribution in [3.63, 3.8) is 0 Å². The van der Waals surface area contributed by atoms with Crippen molar-refractivity contribution in [2.45, 2.75) is 50.5 Å². The molecular weight excluding hydrogens is 888 g/mol. The molecule has 2 aliphatic rings. The third kappa shape index (κ3) is 12.4. The second kappa shape index (κ2) is 23.7. The van der Waals surface area contributed by atoms with E-state index < -0.39 is 0 Å². The minimum atomic E-state index is -0.293. The molecule has 65 heavy (non-hydrogen) atoms. The average Bonchev–Trinajstić information content (AvgIpc) is 3.35. The molecule has 4 amide bonds. The number of aromatic nitrogens is 2. The molecule has 0 unspecified atom stereocenters. The van der Waals surface area contributed by atoms with E-state index in [2.05, 4.69) is 47.2 Å². The summed E-state index contributed by atoms with van der Waals surface area (Å²) in [5, 5.41) is 16.0. The highest BCUT2D eigenvalue weighted by molar-refractivity contribution is 9.08. The second-order valence-electron chi connectivity index (χ2n) is 16.1. The van der Waals surface area contributed by atoms with Crippen molar-refractivity contribution in [3.05, 3.63) is 143 Å². The van der Waals surface area contributed by atoms with Crippen molar-refractivity contribution in [2.24, 2.45) is 11.8 Å². The van der Waals surface area contributed by atoms with E-state index in [1.807, 2.05) is 66.7 Å². The lowest BCUT2D eigenvalue weighted by Crippen LogP contribution is -2.29. The van der Waals surface area contributed by atoms with Gasteiger partial charge >= 0.3 is 0 Å². The lowest BCUT2D eigenvalue weighted by atomic mass is 9.97. The Kier molecular flexibility index (Phi) is 17.1. The first kappa shape index (κ1) is 46.9. The largest absolute Gasteiger partial charge is 0.381 e. The van der Waals surface area contributed by atoms with Crippen molar-refractivity contribution >= 4 is 72.5 Å². The van der Waals surface area contributed by atoms with Gasteiger partial charge in [0.15, 0.2) is 11.4 Å². The SMILES string of the molecule is COCc1ccc(C(=O)Nc2cccnc2C(=O)NCCC2CCOCC2)c2ccccc12.O=C(NCCC1CCOCC1)c1ncccc1NC(=O)c1ccc(CBr)c2ccccc12. The lowest BCUT2D eigenvalue weighted by Gasteiger charge is -2.21. The van der Waals surface area contributed by atoms with Gasteiger partial charge in [-0.2, -0.15) is 0 Å². The number of ether oxygens (including phenoxy) is 3. The highest BCUT2D eigenvalue weighted by Crippen LogP contribution is 2.28. The Bertz CT molecular complexity index is 2590. The summed E-state index contributed by atoms with van der Waals surface area (Å²) >= 11 is 3.51. The van der Waals surface area contributed by atoms with E-state index in [4.69, 9.17) is 14.2 Å². The number of anilines is 2. The van der Waals surface area contributed by atoms with Crippen LogP contribution in [0, 0.1) is 11.8 Å². The number of hydrogen-bond acceptors (Lipinski definition) is 9.